The van der Waals surface area contributed by atoms with E-state index in [1.165, 1.54) is 11.1 Å². The molecule has 0 saturated carbocycles. The highest BCUT2D eigenvalue weighted by molar-refractivity contribution is 8.76. The van der Waals surface area contributed by atoms with E-state index in [1.54, 1.807) is 0 Å². The summed E-state index contributed by atoms with van der Waals surface area (Å²) in [6, 6.07) is 25.3. The predicted octanol–water partition coefficient (Wildman–Crippen LogP) is 6.27. The lowest BCUT2D eigenvalue weighted by atomic mass is 10.0. The van der Waals surface area contributed by atoms with Crippen molar-refractivity contribution >= 4 is 45.7 Å². The van der Waals surface area contributed by atoms with Gasteiger partial charge in [-0.05, 0) is 68.5 Å². The third kappa shape index (κ3) is 7.45. The van der Waals surface area contributed by atoms with Crippen LogP contribution in [0.5, 0.6) is 0 Å². The van der Waals surface area contributed by atoms with Crippen molar-refractivity contribution in [1.29, 1.82) is 0 Å². The minimum atomic E-state index is -1.28. The van der Waals surface area contributed by atoms with Crippen molar-refractivity contribution in [2.45, 2.75) is 38.1 Å². The van der Waals surface area contributed by atoms with Gasteiger partial charge >= 0.3 is 24.1 Å². The topological polar surface area (TPSA) is 151 Å². The Morgan fingerprint density at radius 1 is 0.583 bits per heavy atom. The number of aliphatic carboxylic acids is 2. The van der Waals surface area contributed by atoms with Crippen molar-refractivity contribution in [3.63, 3.8) is 0 Å². The number of amides is 2. The number of alkyl carbamates (subject to hydrolysis) is 2. The summed E-state index contributed by atoms with van der Waals surface area (Å²) in [5.74, 6) is -2.65. The minimum Gasteiger partial charge on any atom is -0.480 e. The largest absolute Gasteiger partial charge is 0.480 e. The van der Waals surface area contributed by atoms with E-state index < -0.39 is 36.2 Å². The normalized spacial score (nSPS) is 13.2. The van der Waals surface area contributed by atoms with Gasteiger partial charge in [0.1, 0.15) is 25.3 Å². The number of carbonyl (C=O) groups excluding carboxylic acids is 2. The molecular formula is C36H32N2O8S2. The van der Waals surface area contributed by atoms with Gasteiger partial charge in [-0.1, -0.05) is 107 Å². The SMILES string of the molecule is O=C(N[C@@H](CSSC[C@H](NC(=O)OCc1cccc2c1Cc1ccccc1-2)C(=O)O)C(=O)O)OCc1cccc2c1Cc1ccccc1-2. The second-order valence-electron chi connectivity index (χ2n) is 11.3. The van der Waals surface area contributed by atoms with Gasteiger partial charge in [0.25, 0.3) is 0 Å². The molecule has 2 aliphatic carbocycles. The quantitative estimate of drug-likeness (QED) is 0.0810. The van der Waals surface area contributed by atoms with Crippen LogP contribution in [0.15, 0.2) is 84.9 Å². The Labute approximate surface area is 284 Å². The molecule has 2 aliphatic rings. The van der Waals surface area contributed by atoms with Crippen LogP contribution < -0.4 is 10.6 Å². The zero-order chi connectivity index (χ0) is 33.6. The highest BCUT2D eigenvalue weighted by Crippen LogP contribution is 2.39. The van der Waals surface area contributed by atoms with E-state index in [1.807, 2.05) is 60.7 Å². The molecule has 0 spiro atoms. The van der Waals surface area contributed by atoms with Gasteiger partial charge in [-0.15, -0.1) is 0 Å². The highest BCUT2D eigenvalue weighted by atomic mass is 33.1. The lowest BCUT2D eigenvalue weighted by Crippen LogP contribution is -2.43. The number of hydrogen-bond acceptors (Lipinski definition) is 8. The molecule has 2 atom stereocenters. The van der Waals surface area contributed by atoms with E-state index in [4.69, 9.17) is 9.47 Å². The second-order valence-corrected chi connectivity index (χ2v) is 13.9. The number of carboxylic acids is 2. The van der Waals surface area contributed by atoms with Crippen LogP contribution in [0, 0.1) is 0 Å². The first-order chi connectivity index (χ1) is 23.3. The third-order valence-electron chi connectivity index (χ3n) is 8.35. The molecule has 0 aromatic heterocycles. The van der Waals surface area contributed by atoms with Crippen LogP contribution in [0.2, 0.25) is 0 Å². The Morgan fingerprint density at radius 3 is 1.40 bits per heavy atom. The van der Waals surface area contributed by atoms with Gasteiger partial charge in [0.05, 0.1) is 0 Å². The Morgan fingerprint density at radius 2 is 0.979 bits per heavy atom. The lowest BCUT2D eigenvalue weighted by molar-refractivity contribution is -0.139. The van der Waals surface area contributed by atoms with Crippen LogP contribution in [-0.4, -0.2) is 57.9 Å². The predicted molar refractivity (Wildman–Crippen MR) is 184 cm³/mol. The molecule has 246 valence electrons. The molecule has 12 heteroatoms. The van der Waals surface area contributed by atoms with Gasteiger partial charge in [0.15, 0.2) is 0 Å². The fraction of sp³-hybridized carbons (Fsp3) is 0.222. The average molecular weight is 685 g/mol. The maximum Gasteiger partial charge on any atom is 0.408 e. The summed E-state index contributed by atoms with van der Waals surface area (Å²) in [7, 11) is 2.11. The Bertz CT molecular complexity index is 1750. The molecule has 0 bridgehead atoms. The zero-order valence-electron chi connectivity index (χ0n) is 25.6. The van der Waals surface area contributed by atoms with Crippen LogP contribution in [-0.2, 0) is 45.1 Å². The van der Waals surface area contributed by atoms with E-state index in [0.717, 1.165) is 78.9 Å². The van der Waals surface area contributed by atoms with Gasteiger partial charge in [-0.25, -0.2) is 19.2 Å². The molecule has 0 unspecified atom stereocenters. The maximum atomic E-state index is 12.5. The number of fused-ring (bicyclic) bond motifs is 6. The molecular weight excluding hydrogens is 653 g/mol. The van der Waals surface area contributed by atoms with E-state index in [-0.39, 0.29) is 24.7 Å². The first kappa shape index (κ1) is 33.0. The van der Waals surface area contributed by atoms with Crippen molar-refractivity contribution < 1.29 is 38.9 Å². The number of carbonyl (C=O) groups is 4. The molecule has 0 radical (unpaired) electrons. The summed E-state index contributed by atoms with van der Waals surface area (Å²) in [4.78, 5) is 48.7. The van der Waals surface area contributed by atoms with Crippen LogP contribution in [0.1, 0.15) is 33.4 Å². The first-order valence-electron chi connectivity index (χ1n) is 15.2. The summed E-state index contributed by atoms with van der Waals surface area (Å²) in [5, 5.41) is 24.0. The molecule has 4 aromatic carbocycles. The van der Waals surface area contributed by atoms with Crippen molar-refractivity contribution in [2.75, 3.05) is 11.5 Å². The molecule has 6 rings (SSSR count). The zero-order valence-corrected chi connectivity index (χ0v) is 27.3. The molecule has 0 fully saturated rings. The van der Waals surface area contributed by atoms with Crippen LogP contribution in [0.4, 0.5) is 9.59 Å². The Kier molecular flexibility index (Phi) is 10.2. The molecule has 48 heavy (non-hydrogen) atoms. The van der Waals surface area contributed by atoms with E-state index in [2.05, 4.69) is 34.9 Å². The third-order valence-corrected chi connectivity index (χ3v) is 10.8. The van der Waals surface area contributed by atoms with Gasteiger partial charge < -0.3 is 30.3 Å². The number of ether oxygens (including phenoxy) is 2. The fourth-order valence-electron chi connectivity index (χ4n) is 5.95. The summed E-state index contributed by atoms with van der Waals surface area (Å²) < 4.78 is 10.8. The average Bonchev–Trinajstić information content (AvgIpc) is 3.66. The summed E-state index contributed by atoms with van der Waals surface area (Å²) in [5.41, 5.74) is 10.7. The molecule has 10 nitrogen and oxygen atoms in total. The van der Waals surface area contributed by atoms with E-state index in [0.29, 0.717) is 0 Å². The van der Waals surface area contributed by atoms with E-state index >= 15 is 0 Å². The standard InChI is InChI=1S/C36H32N2O8S2/c39-33(40)31(37-35(43)45-17-23-9-5-13-27-25-11-3-1-7-21(25)15-29(23)27)19-47-48-20-32(34(41)42)38-36(44)46-18-24-10-6-14-28-26-12-4-2-8-22(26)16-30(24)28/h1-14,31-32H,15-20H2,(H,37,43)(H,38,44)(H,39,40)(H,41,42)/t31-,32-/m0/s1. The number of carboxylic acid groups (broad SMARTS) is 2. The van der Waals surface area contributed by atoms with E-state index in [9.17, 15) is 29.4 Å². The molecule has 4 N–H and O–H groups in total. The van der Waals surface area contributed by atoms with Crippen molar-refractivity contribution in [1.82, 2.24) is 10.6 Å². The van der Waals surface area contributed by atoms with Crippen molar-refractivity contribution in [3.8, 4) is 22.3 Å². The van der Waals surface area contributed by atoms with Crippen LogP contribution in [0.25, 0.3) is 22.3 Å². The summed E-state index contributed by atoms with van der Waals surface area (Å²) in [6.45, 7) is -0.0284. The van der Waals surface area contributed by atoms with Crippen molar-refractivity contribution in [2.24, 2.45) is 0 Å². The number of hydrogen-bond donors (Lipinski definition) is 4. The van der Waals surface area contributed by atoms with Gasteiger partial charge in [0, 0.05) is 11.5 Å². The minimum absolute atomic E-state index is 0.0142. The summed E-state index contributed by atoms with van der Waals surface area (Å²) >= 11 is 0. The molecule has 0 saturated heterocycles. The van der Waals surface area contributed by atoms with Gasteiger partial charge in [-0.3, -0.25) is 0 Å². The maximum absolute atomic E-state index is 12.5. The molecule has 0 aliphatic heterocycles. The van der Waals surface area contributed by atoms with Crippen LogP contribution in [0.3, 0.4) is 0 Å². The molecule has 0 heterocycles. The van der Waals surface area contributed by atoms with Gasteiger partial charge in [-0.2, -0.15) is 0 Å². The number of nitrogens with one attached hydrogen (secondary N) is 2. The molecule has 2 amide bonds. The van der Waals surface area contributed by atoms with Crippen LogP contribution >= 0.6 is 21.6 Å². The Balaban J connectivity index is 0.940. The highest BCUT2D eigenvalue weighted by Gasteiger charge is 2.26. The summed E-state index contributed by atoms with van der Waals surface area (Å²) in [6.07, 6.45) is -0.290. The second kappa shape index (κ2) is 14.9. The first-order valence-corrected chi connectivity index (χ1v) is 17.7. The number of benzene rings is 4. The smallest absolute Gasteiger partial charge is 0.408 e. The van der Waals surface area contributed by atoms with Crippen molar-refractivity contribution in [3.05, 3.63) is 118 Å². The van der Waals surface area contributed by atoms with Gasteiger partial charge in [0.2, 0.25) is 0 Å². The lowest BCUT2D eigenvalue weighted by Gasteiger charge is -2.17. The number of rotatable bonds is 13. The Hall–Kier alpha value is -4.94. The monoisotopic (exact) mass is 684 g/mol. The molecule has 4 aromatic rings. The fourth-order valence-corrected chi connectivity index (χ4v) is 8.26.